The Labute approximate surface area is 165 Å². The van der Waals surface area contributed by atoms with Crippen molar-refractivity contribution in [1.82, 2.24) is 9.78 Å². The van der Waals surface area contributed by atoms with E-state index >= 15 is 0 Å². The summed E-state index contributed by atoms with van der Waals surface area (Å²) in [6, 6.07) is 15.6. The van der Waals surface area contributed by atoms with Crippen LogP contribution in [0.1, 0.15) is 22.0 Å². The Kier molecular flexibility index (Phi) is 4.58. The molecule has 140 valence electrons. The molecule has 0 fully saturated rings. The van der Waals surface area contributed by atoms with E-state index in [4.69, 9.17) is 11.6 Å². The summed E-state index contributed by atoms with van der Waals surface area (Å²) in [5, 5.41) is 19.9. The number of allylic oxidation sites excluding steroid dienone is 1. The van der Waals surface area contributed by atoms with E-state index in [9.17, 15) is 14.7 Å². The van der Waals surface area contributed by atoms with Crippen LogP contribution in [0.2, 0.25) is 5.02 Å². The molecule has 28 heavy (non-hydrogen) atoms. The Hall–Kier alpha value is -3.58. The maximum absolute atomic E-state index is 12.7. The number of benzene rings is 2. The van der Waals surface area contributed by atoms with Gasteiger partial charge >= 0.3 is 5.97 Å². The Morgan fingerprint density at radius 2 is 1.82 bits per heavy atom. The summed E-state index contributed by atoms with van der Waals surface area (Å²) in [4.78, 5) is 24.3. The molecule has 2 heterocycles. The lowest BCUT2D eigenvalue weighted by Gasteiger charge is -2.24. The van der Waals surface area contributed by atoms with Crippen LogP contribution in [0.4, 0.5) is 11.5 Å². The van der Waals surface area contributed by atoms with Gasteiger partial charge < -0.3 is 15.7 Å². The summed E-state index contributed by atoms with van der Waals surface area (Å²) in [5.74, 6) is -1.20. The van der Waals surface area contributed by atoms with Crippen LogP contribution in [0, 0.1) is 0 Å². The average molecular weight is 395 g/mol. The minimum absolute atomic E-state index is 0.0117. The third kappa shape index (κ3) is 3.35. The van der Waals surface area contributed by atoms with Gasteiger partial charge in [-0.1, -0.05) is 41.9 Å². The van der Waals surface area contributed by atoms with E-state index in [-0.39, 0.29) is 11.3 Å². The fourth-order valence-electron chi connectivity index (χ4n) is 3.01. The molecule has 0 radical (unpaired) electrons. The molecule has 2 aromatic carbocycles. The molecule has 3 aromatic rings. The first kappa shape index (κ1) is 17.8. The Balaban J connectivity index is 1.70. The first-order valence-corrected chi connectivity index (χ1v) is 8.82. The number of amides is 1. The normalized spacial score (nSPS) is 15.2. The summed E-state index contributed by atoms with van der Waals surface area (Å²) in [6.45, 7) is 0. The highest BCUT2D eigenvalue weighted by molar-refractivity contribution is 6.30. The van der Waals surface area contributed by atoms with Gasteiger partial charge in [0.2, 0.25) is 0 Å². The van der Waals surface area contributed by atoms with Gasteiger partial charge in [0.05, 0.1) is 12.2 Å². The fourth-order valence-corrected chi connectivity index (χ4v) is 3.13. The van der Waals surface area contributed by atoms with E-state index < -0.39 is 17.9 Å². The molecule has 1 aliphatic rings. The smallest absolute Gasteiger partial charge is 0.352 e. The van der Waals surface area contributed by atoms with Crippen molar-refractivity contribution in [1.29, 1.82) is 0 Å². The third-order valence-electron chi connectivity index (χ3n) is 4.35. The van der Waals surface area contributed by atoms with Crippen molar-refractivity contribution in [2.24, 2.45) is 0 Å². The number of nitrogens with zero attached hydrogens (tertiary/aromatic N) is 2. The number of rotatable bonds is 4. The zero-order valence-corrected chi connectivity index (χ0v) is 15.2. The second kappa shape index (κ2) is 7.21. The molecule has 0 bridgehead atoms. The summed E-state index contributed by atoms with van der Waals surface area (Å²) < 4.78 is 1.60. The largest absolute Gasteiger partial charge is 0.477 e. The van der Waals surface area contributed by atoms with Gasteiger partial charge in [0.25, 0.3) is 5.91 Å². The molecular weight excluding hydrogens is 380 g/mol. The van der Waals surface area contributed by atoms with E-state index in [1.54, 1.807) is 35.0 Å². The van der Waals surface area contributed by atoms with Crippen molar-refractivity contribution < 1.29 is 14.7 Å². The number of aromatic nitrogens is 2. The van der Waals surface area contributed by atoms with Crippen LogP contribution in [0.3, 0.4) is 0 Å². The van der Waals surface area contributed by atoms with Crippen molar-refractivity contribution >= 4 is 35.0 Å². The predicted molar refractivity (Wildman–Crippen MR) is 106 cm³/mol. The van der Waals surface area contributed by atoms with E-state index in [2.05, 4.69) is 15.7 Å². The number of hydrogen-bond acceptors (Lipinski definition) is 4. The van der Waals surface area contributed by atoms with Crippen LogP contribution in [-0.4, -0.2) is 26.8 Å². The molecule has 1 aliphatic heterocycles. The van der Waals surface area contributed by atoms with Gasteiger partial charge in [-0.3, -0.25) is 4.79 Å². The molecular formula is C20H15ClN4O3. The lowest BCUT2D eigenvalue weighted by Crippen LogP contribution is -2.25. The zero-order chi connectivity index (χ0) is 19.7. The third-order valence-corrected chi connectivity index (χ3v) is 4.61. The number of fused-ring (bicyclic) bond motifs is 1. The van der Waals surface area contributed by atoms with Crippen LogP contribution < -0.4 is 10.6 Å². The highest BCUT2D eigenvalue weighted by Crippen LogP contribution is 2.32. The molecule has 0 saturated carbocycles. The molecule has 1 atom stereocenters. The predicted octanol–water partition coefficient (Wildman–Crippen LogP) is 3.77. The van der Waals surface area contributed by atoms with Gasteiger partial charge in [-0.25, -0.2) is 9.48 Å². The van der Waals surface area contributed by atoms with Gasteiger partial charge in [0, 0.05) is 10.7 Å². The van der Waals surface area contributed by atoms with Gasteiger partial charge in [0.15, 0.2) is 0 Å². The van der Waals surface area contributed by atoms with Crippen LogP contribution >= 0.6 is 11.6 Å². The van der Waals surface area contributed by atoms with Crippen molar-refractivity contribution in [2.45, 2.75) is 6.04 Å². The second-order valence-electron chi connectivity index (χ2n) is 6.18. The number of carboxylic acids is 1. The summed E-state index contributed by atoms with van der Waals surface area (Å²) in [7, 11) is 0. The Morgan fingerprint density at radius 3 is 2.50 bits per heavy atom. The topological polar surface area (TPSA) is 96.2 Å². The van der Waals surface area contributed by atoms with Gasteiger partial charge in [-0.05, 0) is 35.9 Å². The summed E-state index contributed by atoms with van der Waals surface area (Å²) in [5.41, 5.74) is 1.65. The van der Waals surface area contributed by atoms with Crippen molar-refractivity contribution in [3.05, 3.63) is 88.7 Å². The number of aliphatic carboxylic acids is 1. The van der Waals surface area contributed by atoms with E-state index in [1.807, 2.05) is 30.3 Å². The molecule has 0 aliphatic carbocycles. The number of carbonyl (C=O) groups is 2. The molecule has 1 aromatic heterocycles. The number of carbonyl (C=O) groups excluding carboxylic acids is 1. The van der Waals surface area contributed by atoms with E-state index in [0.717, 1.165) is 5.56 Å². The molecule has 1 unspecified atom stereocenters. The number of hydrogen-bond donors (Lipinski definition) is 3. The SMILES string of the molecule is O=C(O)C1=CC(c2ccccc2)n2ncc(C(=O)Nc3ccc(Cl)cc3)c2N1. The first-order chi connectivity index (χ1) is 13.5. The summed E-state index contributed by atoms with van der Waals surface area (Å²) in [6.07, 6.45) is 2.99. The quantitative estimate of drug-likeness (QED) is 0.626. The van der Waals surface area contributed by atoms with Crippen LogP contribution in [0.5, 0.6) is 0 Å². The fraction of sp³-hybridized carbons (Fsp3) is 0.0500. The highest BCUT2D eigenvalue weighted by atomic mass is 35.5. The van der Waals surface area contributed by atoms with Gasteiger partial charge in [0.1, 0.15) is 17.1 Å². The molecule has 4 rings (SSSR count). The van der Waals surface area contributed by atoms with Gasteiger partial charge in [-0.15, -0.1) is 0 Å². The number of carboxylic acid groups (broad SMARTS) is 1. The van der Waals surface area contributed by atoms with E-state index in [0.29, 0.717) is 16.5 Å². The monoisotopic (exact) mass is 394 g/mol. The van der Waals surface area contributed by atoms with Crippen LogP contribution in [-0.2, 0) is 4.79 Å². The van der Waals surface area contributed by atoms with Gasteiger partial charge in [-0.2, -0.15) is 5.10 Å². The van der Waals surface area contributed by atoms with Crippen molar-refractivity contribution in [3.63, 3.8) is 0 Å². The lowest BCUT2D eigenvalue weighted by atomic mass is 10.0. The van der Waals surface area contributed by atoms with Crippen LogP contribution in [0.25, 0.3) is 0 Å². The minimum Gasteiger partial charge on any atom is -0.477 e. The highest BCUT2D eigenvalue weighted by Gasteiger charge is 2.29. The Bertz CT molecular complexity index is 1070. The molecule has 1 amide bonds. The maximum atomic E-state index is 12.7. The number of nitrogens with one attached hydrogen (secondary N) is 2. The van der Waals surface area contributed by atoms with Crippen LogP contribution in [0.15, 0.2) is 72.6 Å². The first-order valence-electron chi connectivity index (χ1n) is 8.44. The average Bonchev–Trinajstić information content (AvgIpc) is 3.14. The molecule has 3 N–H and O–H groups in total. The molecule has 0 spiro atoms. The zero-order valence-electron chi connectivity index (χ0n) is 14.5. The molecule has 8 heteroatoms. The van der Waals surface area contributed by atoms with Crippen molar-refractivity contribution in [3.8, 4) is 0 Å². The lowest BCUT2D eigenvalue weighted by molar-refractivity contribution is -0.132. The number of halogens is 1. The number of anilines is 2. The van der Waals surface area contributed by atoms with Crippen molar-refractivity contribution in [2.75, 3.05) is 10.6 Å². The molecule has 7 nitrogen and oxygen atoms in total. The Morgan fingerprint density at radius 1 is 1.11 bits per heavy atom. The maximum Gasteiger partial charge on any atom is 0.352 e. The molecule has 0 saturated heterocycles. The minimum atomic E-state index is -1.11. The standard InChI is InChI=1S/C20H15ClN4O3/c21-13-6-8-14(9-7-13)23-19(26)15-11-22-25-17(12-4-2-1-3-5-12)10-16(20(27)28)24-18(15)25/h1-11,17,24H,(H,23,26)(H,27,28). The van der Waals surface area contributed by atoms with E-state index in [1.165, 1.54) is 6.20 Å². The summed E-state index contributed by atoms with van der Waals surface area (Å²) >= 11 is 5.86. The second-order valence-corrected chi connectivity index (χ2v) is 6.61.